The molecule has 0 aromatic carbocycles. The van der Waals surface area contributed by atoms with Gasteiger partial charge in [0, 0.05) is 44.1 Å². The monoisotopic (exact) mass is 404 g/mol. The Morgan fingerprint density at radius 1 is 1.07 bits per heavy atom. The molecule has 0 bridgehead atoms. The molecule has 0 atom stereocenters. The van der Waals surface area contributed by atoms with E-state index >= 15 is 0 Å². The predicted octanol–water partition coefficient (Wildman–Crippen LogP) is 2.18. The van der Waals surface area contributed by atoms with E-state index in [-0.39, 0.29) is 0 Å². The van der Waals surface area contributed by atoms with Crippen LogP contribution in [0.3, 0.4) is 0 Å². The van der Waals surface area contributed by atoms with Crippen LogP contribution in [0.25, 0.3) is 16.9 Å². The van der Waals surface area contributed by atoms with E-state index in [9.17, 15) is 0 Å². The Morgan fingerprint density at radius 2 is 1.97 bits per heavy atom. The fourth-order valence-corrected chi connectivity index (χ4v) is 4.26. The Hall–Kier alpha value is -2.97. The van der Waals surface area contributed by atoms with Gasteiger partial charge >= 0.3 is 0 Å². The van der Waals surface area contributed by atoms with Crippen molar-refractivity contribution in [2.75, 3.05) is 31.1 Å². The summed E-state index contributed by atoms with van der Waals surface area (Å²) < 4.78 is 13.7. The third-order valence-corrected chi connectivity index (χ3v) is 6.07. The maximum absolute atomic E-state index is 6.12. The van der Waals surface area contributed by atoms with E-state index < -0.39 is 0 Å². The molecule has 3 aromatic heterocycles. The Kier molecular flexibility index (Phi) is 4.39. The average Bonchev–Trinajstić information content (AvgIpc) is 3.22. The molecule has 3 aliphatic heterocycles. The first-order chi connectivity index (χ1) is 14.8. The molecule has 30 heavy (non-hydrogen) atoms. The average molecular weight is 404 g/mol. The minimum atomic E-state index is 0.377. The summed E-state index contributed by atoms with van der Waals surface area (Å²) in [4.78, 5) is 11.3. The van der Waals surface area contributed by atoms with Gasteiger partial charge in [0.15, 0.2) is 0 Å². The van der Waals surface area contributed by atoms with Crippen molar-refractivity contribution in [1.82, 2.24) is 25.1 Å². The molecule has 3 aromatic rings. The zero-order chi connectivity index (χ0) is 19.9. The number of anilines is 1. The zero-order valence-electron chi connectivity index (χ0n) is 16.7. The van der Waals surface area contributed by atoms with Crippen LogP contribution < -0.4 is 15.0 Å². The van der Waals surface area contributed by atoms with Crippen molar-refractivity contribution in [2.45, 2.75) is 31.7 Å². The quantitative estimate of drug-likeness (QED) is 0.714. The molecule has 0 aliphatic carbocycles. The molecule has 3 aliphatic rings. The molecule has 0 radical (unpaired) electrons. The standard InChI is InChI=1S/C22H24N6O2/c1-2-19-21-15(14-29-22(19)24-7-1)13-28(26-21)16-3-4-20(25-10-16)27-8-5-17(6-9-27)30-18-11-23-12-18/h1-4,7,10,13,17-18,23H,5-6,8-9,11-12,14H2. The maximum Gasteiger partial charge on any atom is 0.223 e. The van der Waals surface area contributed by atoms with Crippen molar-refractivity contribution in [1.29, 1.82) is 0 Å². The van der Waals surface area contributed by atoms with Crippen molar-refractivity contribution < 1.29 is 9.47 Å². The highest BCUT2D eigenvalue weighted by atomic mass is 16.5. The van der Waals surface area contributed by atoms with E-state index in [0.717, 1.165) is 67.3 Å². The van der Waals surface area contributed by atoms with E-state index in [2.05, 4.69) is 27.3 Å². The van der Waals surface area contributed by atoms with Crippen LogP contribution in [0.15, 0.2) is 42.9 Å². The number of hydrogen-bond acceptors (Lipinski definition) is 7. The van der Waals surface area contributed by atoms with Crippen LogP contribution in [0.5, 0.6) is 5.88 Å². The summed E-state index contributed by atoms with van der Waals surface area (Å²) in [6.07, 6.45) is 8.54. The van der Waals surface area contributed by atoms with E-state index in [1.807, 2.05) is 29.2 Å². The number of fused-ring (bicyclic) bond motifs is 3. The van der Waals surface area contributed by atoms with Gasteiger partial charge in [0.25, 0.3) is 0 Å². The van der Waals surface area contributed by atoms with E-state index in [4.69, 9.17) is 19.6 Å². The second-order valence-electron chi connectivity index (χ2n) is 8.07. The van der Waals surface area contributed by atoms with Crippen molar-refractivity contribution >= 4 is 5.82 Å². The lowest BCUT2D eigenvalue weighted by Gasteiger charge is -2.37. The van der Waals surface area contributed by atoms with Gasteiger partial charge in [-0.05, 0) is 37.1 Å². The number of piperidine rings is 1. The summed E-state index contributed by atoms with van der Waals surface area (Å²) >= 11 is 0. The van der Waals surface area contributed by atoms with Crippen LogP contribution in [0.4, 0.5) is 5.82 Å². The highest BCUT2D eigenvalue weighted by Crippen LogP contribution is 2.35. The summed E-state index contributed by atoms with van der Waals surface area (Å²) in [6, 6.07) is 8.06. The van der Waals surface area contributed by atoms with Gasteiger partial charge in [0.05, 0.1) is 29.7 Å². The Bertz CT molecular complexity index is 1040. The SMILES string of the molecule is c1cnc2c(c1)-c1nn(-c3ccc(N4CCC(OC5CNC5)CC4)nc3)cc1CO2. The second kappa shape index (κ2) is 7.37. The lowest BCUT2D eigenvalue weighted by atomic mass is 10.1. The largest absolute Gasteiger partial charge is 0.472 e. The molecular weight excluding hydrogens is 380 g/mol. The first-order valence-corrected chi connectivity index (χ1v) is 10.6. The fourth-order valence-electron chi connectivity index (χ4n) is 4.26. The second-order valence-corrected chi connectivity index (χ2v) is 8.07. The minimum absolute atomic E-state index is 0.377. The molecule has 0 amide bonds. The number of rotatable bonds is 4. The van der Waals surface area contributed by atoms with Crippen LogP contribution in [-0.2, 0) is 11.3 Å². The van der Waals surface area contributed by atoms with Gasteiger partial charge in [0.1, 0.15) is 18.1 Å². The van der Waals surface area contributed by atoms with Crippen molar-refractivity contribution in [3.63, 3.8) is 0 Å². The third-order valence-electron chi connectivity index (χ3n) is 6.07. The topological polar surface area (TPSA) is 77.3 Å². The molecule has 154 valence electrons. The van der Waals surface area contributed by atoms with Crippen molar-refractivity contribution in [3.8, 4) is 22.8 Å². The van der Waals surface area contributed by atoms with Gasteiger partial charge in [-0.2, -0.15) is 5.10 Å². The van der Waals surface area contributed by atoms with Gasteiger partial charge in [-0.3, -0.25) is 0 Å². The molecule has 6 heterocycles. The highest BCUT2D eigenvalue weighted by molar-refractivity contribution is 5.69. The van der Waals surface area contributed by atoms with Gasteiger partial charge in [-0.15, -0.1) is 0 Å². The molecule has 0 saturated carbocycles. The third kappa shape index (κ3) is 3.22. The highest BCUT2D eigenvalue weighted by Gasteiger charge is 2.26. The molecule has 8 heteroatoms. The van der Waals surface area contributed by atoms with Crippen LogP contribution in [0.1, 0.15) is 18.4 Å². The van der Waals surface area contributed by atoms with Crippen molar-refractivity contribution in [2.24, 2.45) is 0 Å². The Labute approximate surface area is 174 Å². The van der Waals surface area contributed by atoms with Gasteiger partial charge in [-0.25, -0.2) is 14.6 Å². The lowest BCUT2D eigenvalue weighted by molar-refractivity contribution is -0.0467. The van der Waals surface area contributed by atoms with E-state index in [1.54, 1.807) is 6.20 Å². The Morgan fingerprint density at radius 3 is 2.73 bits per heavy atom. The zero-order valence-corrected chi connectivity index (χ0v) is 16.7. The molecule has 2 fully saturated rings. The number of ether oxygens (including phenoxy) is 2. The summed E-state index contributed by atoms with van der Waals surface area (Å²) in [5.41, 5.74) is 3.86. The molecular formula is C22H24N6O2. The number of hydrogen-bond donors (Lipinski definition) is 1. The van der Waals surface area contributed by atoms with Crippen LogP contribution in [-0.4, -0.2) is 58.1 Å². The van der Waals surface area contributed by atoms with Crippen LogP contribution in [0.2, 0.25) is 0 Å². The Balaban J connectivity index is 1.15. The molecule has 0 spiro atoms. The van der Waals surface area contributed by atoms with Crippen molar-refractivity contribution in [3.05, 3.63) is 48.4 Å². The summed E-state index contributed by atoms with van der Waals surface area (Å²) in [7, 11) is 0. The fraction of sp³-hybridized carbons (Fsp3) is 0.409. The first-order valence-electron chi connectivity index (χ1n) is 10.6. The molecule has 6 rings (SSSR count). The molecule has 2 saturated heterocycles. The summed E-state index contributed by atoms with van der Waals surface area (Å²) in [5, 5.41) is 8.04. The number of aromatic nitrogens is 4. The number of pyridine rings is 2. The van der Waals surface area contributed by atoms with Crippen LogP contribution in [0, 0.1) is 0 Å². The maximum atomic E-state index is 6.12. The van der Waals surface area contributed by atoms with Crippen LogP contribution >= 0.6 is 0 Å². The van der Waals surface area contributed by atoms with E-state index in [1.165, 1.54) is 0 Å². The number of nitrogens with zero attached hydrogens (tertiary/aromatic N) is 5. The molecule has 1 N–H and O–H groups in total. The lowest BCUT2D eigenvalue weighted by Crippen LogP contribution is -2.51. The number of nitrogens with one attached hydrogen (secondary N) is 1. The van der Waals surface area contributed by atoms with Gasteiger partial charge in [0.2, 0.25) is 5.88 Å². The normalized spacial score (nSPS) is 19.0. The molecule has 0 unspecified atom stereocenters. The smallest absolute Gasteiger partial charge is 0.223 e. The van der Waals surface area contributed by atoms with Gasteiger partial charge in [-0.1, -0.05) is 0 Å². The molecule has 8 nitrogen and oxygen atoms in total. The summed E-state index contributed by atoms with van der Waals surface area (Å²) in [6.45, 7) is 4.43. The van der Waals surface area contributed by atoms with E-state index in [0.29, 0.717) is 24.7 Å². The minimum Gasteiger partial charge on any atom is -0.472 e. The van der Waals surface area contributed by atoms with Gasteiger partial charge < -0.3 is 19.7 Å². The summed E-state index contributed by atoms with van der Waals surface area (Å²) in [5.74, 6) is 1.65. The first kappa shape index (κ1) is 17.9. The predicted molar refractivity (Wildman–Crippen MR) is 112 cm³/mol.